The summed E-state index contributed by atoms with van der Waals surface area (Å²) in [7, 11) is 2.06. The lowest BCUT2D eigenvalue weighted by Crippen LogP contribution is -2.40. The Morgan fingerprint density at radius 3 is 1.27 bits per heavy atom. The molecular weight excluding hydrogens is 444 g/mol. The van der Waals surface area contributed by atoms with E-state index >= 15 is 0 Å². The summed E-state index contributed by atoms with van der Waals surface area (Å²) in [4.78, 5) is 70.4. The zero-order valence-corrected chi connectivity index (χ0v) is 18.6. The van der Waals surface area contributed by atoms with E-state index in [1.54, 1.807) is 6.92 Å². The summed E-state index contributed by atoms with van der Waals surface area (Å²) in [5, 5.41) is 8.83. The Morgan fingerprint density at radius 2 is 1.00 bits per heavy atom. The fraction of sp³-hybridized carbons (Fsp3) is 0.429. The highest BCUT2D eigenvalue weighted by molar-refractivity contribution is 6.17. The van der Waals surface area contributed by atoms with E-state index in [0.29, 0.717) is 0 Å². The number of esters is 5. The van der Waals surface area contributed by atoms with Gasteiger partial charge in [-0.05, 0) is 6.42 Å². The van der Waals surface area contributed by atoms with Crippen molar-refractivity contribution in [3.05, 3.63) is 36.5 Å². The van der Waals surface area contributed by atoms with Gasteiger partial charge >= 0.3 is 29.8 Å². The molecule has 0 bridgehead atoms. The van der Waals surface area contributed by atoms with Crippen LogP contribution in [0.2, 0.25) is 0 Å². The summed E-state index contributed by atoms with van der Waals surface area (Å²) in [5.74, 6) is -6.49. The lowest BCUT2D eigenvalue weighted by atomic mass is 9.88. The zero-order valence-electron chi connectivity index (χ0n) is 18.6. The van der Waals surface area contributed by atoms with Crippen molar-refractivity contribution >= 4 is 35.6 Å². The first kappa shape index (κ1) is 29.2. The standard InChI is InChI=1S/C21H26O12/c1-7-21(9-31-18(26)12(2)15(23)8-22,10-32-19(27)13(3)16(24)29-5)11-33-20(28)14(4)17(25)30-6/h22H,2-4,7-11H2,1,5-6H3. The van der Waals surface area contributed by atoms with Gasteiger partial charge < -0.3 is 28.8 Å². The average Bonchev–Trinajstić information content (AvgIpc) is 2.84. The van der Waals surface area contributed by atoms with Gasteiger partial charge in [-0.25, -0.2) is 24.0 Å². The number of aliphatic hydroxyl groups excluding tert-OH is 1. The average molecular weight is 470 g/mol. The fourth-order valence-corrected chi connectivity index (χ4v) is 1.97. The second-order valence-electron chi connectivity index (χ2n) is 6.58. The molecule has 12 heteroatoms. The minimum absolute atomic E-state index is 0.0800. The summed E-state index contributed by atoms with van der Waals surface area (Å²) in [6.07, 6.45) is 0.0800. The maximum atomic E-state index is 12.1. The van der Waals surface area contributed by atoms with Crippen molar-refractivity contribution in [2.24, 2.45) is 5.41 Å². The molecule has 0 spiro atoms. The van der Waals surface area contributed by atoms with Crippen molar-refractivity contribution in [1.29, 1.82) is 0 Å². The normalized spacial score (nSPS) is 10.3. The molecule has 12 nitrogen and oxygen atoms in total. The van der Waals surface area contributed by atoms with Gasteiger partial charge in [0.25, 0.3) is 0 Å². The molecule has 0 aromatic carbocycles. The highest BCUT2D eigenvalue weighted by Gasteiger charge is 2.36. The highest BCUT2D eigenvalue weighted by Crippen LogP contribution is 2.25. The topological polar surface area (TPSA) is 169 Å². The monoisotopic (exact) mass is 470 g/mol. The van der Waals surface area contributed by atoms with Crippen molar-refractivity contribution in [2.45, 2.75) is 13.3 Å². The van der Waals surface area contributed by atoms with Gasteiger partial charge in [-0.2, -0.15) is 0 Å². The van der Waals surface area contributed by atoms with Crippen LogP contribution in [0.15, 0.2) is 36.5 Å². The van der Waals surface area contributed by atoms with Crippen molar-refractivity contribution in [1.82, 2.24) is 0 Å². The van der Waals surface area contributed by atoms with Gasteiger partial charge in [0.1, 0.15) is 37.6 Å². The number of methoxy groups -OCH3 is 2. The van der Waals surface area contributed by atoms with Crippen LogP contribution in [0.1, 0.15) is 13.3 Å². The number of aliphatic hydroxyl groups is 1. The van der Waals surface area contributed by atoms with Crippen LogP contribution in [0.3, 0.4) is 0 Å². The first-order valence-electron chi connectivity index (χ1n) is 9.28. The maximum Gasteiger partial charge on any atom is 0.344 e. The Labute approximate surface area is 189 Å². The van der Waals surface area contributed by atoms with Crippen LogP contribution in [0.5, 0.6) is 0 Å². The molecule has 0 fully saturated rings. The molecule has 0 saturated carbocycles. The van der Waals surface area contributed by atoms with Crippen molar-refractivity contribution < 1.29 is 57.6 Å². The number of carbonyl (C=O) groups excluding carboxylic acids is 6. The van der Waals surface area contributed by atoms with Gasteiger partial charge in [-0.15, -0.1) is 0 Å². The van der Waals surface area contributed by atoms with E-state index in [4.69, 9.17) is 19.3 Å². The summed E-state index contributed by atoms with van der Waals surface area (Å²) in [6.45, 7) is 8.71. The van der Waals surface area contributed by atoms with Gasteiger partial charge in [0, 0.05) is 0 Å². The number of carbonyl (C=O) groups is 6. The first-order valence-corrected chi connectivity index (χ1v) is 9.28. The van der Waals surface area contributed by atoms with E-state index < -0.39 is 84.2 Å². The maximum absolute atomic E-state index is 12.1. The third-order valence-electron chi connectivity index (χ3n) is 4.36. The number of rotatable bonds is 14. The third kappa shape index (κ3) is 8.69. The molecule has 0 unspecified atom stereocenters. The molecular formula is C21H26O12. The van der Waals surface area contributed by atoms with Gasteiger partial charge in [0.15, 0.2) is 5.78 Å². The van der Waals surface area contributed by atoms with Crippen LogP contribution in [-0.2, 0) is 52.5 Å². The summed E-state index contributed by atoms with van der Waals surface area (Å²) in [5.41, 5.74) is -3.24. The Morgan fingerprint density at radius 1 is 0.667 bits per heavy atom. The van der Waals surface area contributed by atoms with E-state index in [2.05, 4.69) is 29.2 Å². The Hall–Kier alpha value is -3.80. The minimum atomic E-state index is -1.38. The molecule has 0 aromatic heterocycles. The predicted molar refractivity (Wildman–Crippen MR) is 109 cm³/mol. The second kappa shape index (κ2) is 13.6. The number of hydrogen-bond acceptors (Lipinski definition) is 12. The van der Waals surface area contributed by atoms with E-state index in [-0.39, 0.29) is 6.42 Å². The molecule has 0 amide bonds. The van der Waals surface area contributed by atoms with Crippen molar-refractivity contribution in [3.63, 3.8) is 0 Å². The lowest BCUT2D eigenvalue weighted by Gasteiger charge is -2.31. The Balaban J connectivity index is 5.57. The number of hydrogen-bond donors (Lipinski definition) is 1. The molecule has 0 rings (SSSR count). The summed E-state index contributed by atoms with van der Waals surface area (Å²) >= 11 is 0. The quantitative estimate of drug-likeness (QED) is 0.115. The third-order valence-corrected chi connectivity index (χ3v) is 4.36. The molecule has 0 atom stereocenters. The van der Waals surface area contributed by atoms with Crippen molar-refractivity contribution in [2.75, 3.05) is 40.6 Å². The number of Topliss-reactive ketones (excluding diaryl/α,β-unsaturated/α-hetero) is 1. The largest absolute Gasteiger partial charge is 0.465 e. The molecule has 33 heavy (non-hydrogen) atoms. The summed E-state index contributed by atoms with van der Waals surface area (Å²) in [6, 6.07) is 0. The van der Waals surface area contributed by atoms with Gasteiger partial charge in [-0.1, -0.05) is 26.7 Å². The van der Waals surface area contributed by atoms with Gasteiger partial charge in [0.2, 0.25) is 0 Å². The second-order valence-corrected chi connectivity index (χ2v) is 6.58. The van der Waals surface area contributed by atoms with Gasteiger partial charge in [0.05, 0.1) is 25.2 Å². The van der Waals surface area contributed by atoms with Crippen LogP contribution in [0.4, 0.5) is 0 Å². The molecule has 1 N–H and O–H groups in total. The molecule has 182 valence electrons. The molecule has 0 heterocycles. The minimum Gasteiger partial charge on any atom is -0.465 e. The highest BCUT2D eigenvalue weighted by atomic mass is 16.6. The molecule has 0 radical (unpaired) electrons. The zero-order chi connectivity index (χ0) is 25.8. The van der Waals surface area contributed by atoms with Crippen molar-refractivity contribution in [3.8, 4) is 0 Å². The number of ether oxygens (including phenoxy) is 5. The molecule has 0 aliphatic heterocycles. The van der Waals surface area contributed by atoms with Crippen LogP contribution in [0, 0.1) is 5.41 Å². The predicted octanol–water partition coefficient (Wildman–Crippen LogP) is -0.412. The smallest absolute Gasteiger partial charge is 0.344 e. The molecule has 0 aliphatic carbocycles. The molecule has 0 saturated heterocycles. The van der Waals surface area contributed by atoms with E-state index in [0.717, 1.165) is 14.2 Å². The van der Waals surface area contributed by atoms with Crippen LogP contribution >= 0.6 is 0 Å². The van der Waals surface area contributed by atoms with Crippen LogP contribution in [-0.4, -0.2) is 81.4 Å². The van der Waals surface area contributed by atoms with Crippen LogP contribution < -0.4 is 0 Å². The van der Waals surface area contributed by atoms with E-state index in [1.165, 1.54) is 0 Å². The van der Waals surface area contributed by atoms with Crippen LogP contribution in [0.25, 0.3) is 0 Å². The fourth-order valence-electron chi connectivity index (χ4n) is 1.97. The first-order chi connectivity index (χ1) is 15.4. The Kier molecular flexibility index (Phi) is 12.0. The summed E-state index contributed by atoms with van der Waals surface area (Å²) < 4.78 is 23.9. The van der Waals surface area contributed by atoms with E-state index in [1.807, 2.05) is 0 Å². The Bertz CT molecular complexity index is 744. The van der Waals surface area contributed by atoms with Gasteiger partial charge in [-0.3, -0.25) is 4.79 Å². The number of ketones is 1. The lowest BCUT2D eigenvalue weighted by molar-refractivity contribution is -0.158. The SMILES string of the molecule is C=C(C(=O)CO)C(=O)OCC(CC)(COC(=O)C(=C)C(=O)OC)COC(=O)C(=C)C(=O)OC. The molecule has 0 aliphatic rings. The molecule has 0 aromatic rings. The van der Waals surface area contributed by atoms with E-state index in [9.17, 15) is 28.8 Å².